The highest BCUT2D eigenvalue weighted by molar-refractivity contribution is 5.90. The predicted molar refractivity (Wildman–Crippen MR) is 91.9 cm³/mol. The summed E-state index contributed by atoms with van der Waals surface area (Å²) in [5.41, 5.74) is 0.679. The van der Waals surface area contributed by atoms with Crippen LogP contribution < -0.4 is 0 Å². The van der Waals surface area contributed by atoms with Crippen molar-refractivity contribution in [2.45, 2.75) is 30.7 Å². The molecule has 1 N–H and O–H groups in total. The summed E-state index contributed by atoms with van der Waals surface area (Å²) >= 11 is 0. The number of aliphatic hydroxyl groups excluding tert-OH is 1. The second kappa shape index (κ2) is 7.48. The zero-order valence-corrected chi connectivity index (χ0v) is 14.3. The van der Waals surface area contributed by atoms with E-state index in [0.717, 1.165) is 0 Å². The summed E-state index contributed by atoms with van der Waals surface area (Å²) in [6, 6.07) is 16.8. The van der Waals surface area contributed by atoms with Gasteiger partial charge >= 0.3 is 11.9 Å². The van der Waals surface area contributed by atoms with Crippen molar-refractivity contribution in [3.63, 3.8) is 0 Å². The van der Waals surface area contributed by atoms with Gasteiger partial charge in [-0.05, 0) is 24.3 Å². The minimum absolute atomic E-state index is 0.133. The Hall–Kier alpha value is -2.74. The van der Waals surface area contributed by atoms with Crippen molar-refractivity contribution in [1.82, 2.24) is 0 Å². The van der Waals surface area contributed by atoms with Gasteiger partial charge in [0.05, 0.1) is 17.7 Å². The molecule has 2 aromatic carbocycles. The Morgan fingerprint density at radius 2 is 1.37 bits per heavy atom. The Bertz CT molecular complexity index is 754. The monoisotopic (exact) mass is 370 g/mol. The van der Waals surface area contributed by atoms with Gasteiger partial charge in [0.15, 0.2) is 18.5 Å². The number of rotatable bonds is 4. The molecule has 0 saturated carbocycles. The van der Waals surface area contributed by atoms with Crippen LogP contribution in [0, 0.1) is 0 Å². The highest BCUT2D eigenvalue weighted by Crippen LogP contribution is 2.32. The highest BCUT2D eigenvalue weighted by atomic mass is 16.8. The molecular weight excluding hydrogens is 352 g/mol. The molecule has 2 aliphatic rings. The van der Waals surface area contributed by atoms with Crippen LogP contribution in [0.4, 0.5) is 0 Å². The molecule has 0 amide bonds. The van der Waals surface area contributed by atoms with E-state index in [0.29, 0.717) is 11.1 Å². The summed E-state index contributed by atoms with van der Waals surface area (Å²) in [7, 11) is 0. The third-order valence-corrected chi connectivity index (χ3v) is 4.54. The summed E-state index contributed by atoms with van der Waals surface area (Å²) in [6.45, 7) is 0.133. The van der Waals surface area contributed by atoms with Crippen molar-refractivity contribution in [2.75, 3.05) is 6.61 Å². The van der Waals surface area contributed by atoms with Crippen LogP contribution in [0.25, 0.3) is 0 Å². The molecule has 4 rings (SSSR count). The lowest BCUT2D eigenvalue weighted by Gasteiger charge is -2.37. The maximum Gasteiger partial charge on any atom is 0.338 e. The second-order valence-electron chi connectivity index (χ2n) is 6.34. The average Bonchev–Trinajstić information content (AvgIpc) is 3.16. The first-order valence-electron chi connectivity index (χ1n) is 8.60. The lowest BCUT2D eigenvalue weighted by Crippen LogP contribution is -2.57. The predicted octanol–water partition coefficient (Wildman–Crippen LogP) is 1.55. The molecule has 2 heterocycles. The highest BCUT2D eigenvalue weighted by Gasteiger charge is 2.54. The molecule has 2 bridgehead atoms. The molecule has 140 valence electrons. The Morgan fingerprint density at radius 3 is 1.93 bits per heavy atom. The van der Waals surface area contributed by atoms with Gasteiger partial charge < -0.3 is 24.1 Å². The zero-order chi connectivity index (χ0) is 18.8. The first-order chi connectivity index (χ1) is 13.1. The van der Waals surface area contributed by atoms with E-state index in [-0.39, 0.29) is 6.61 Å². The van der Waals surface area contributed by atoms with Crippen molar-refractivity contribution >= 4 is 11.9 Å². The standard InChI is InChI=1S/C20H18O7/c21-15-17(27-19(23)13-9-5-2-6-10-13)16(14-11-24-20(15)25-14)26-18(22)12-7-3-1-4-8-12/h1-10,14-17,20-21H,11H2. The number of fused-ring (bicyclic) bond motifs is 2. The van der Waals surface area contributed by atoms with E-state index in [1.54, 1.807) is 60.7 Å². The number of esters is 2. The summed E-state index contributed by atoms with van der Waals surface area (Å²) in [4.78, 5) is 24.9. The number of benzene rings is 2. The third-order valence-electron chi connectivity index (χ3n) is 4.54. The van der Waals surface area contributed by atoms with E-state index in [4.69, 9.17) is 18.9 Å². The van der Waals surface area contributed by atoms with Crippen LogP contribution in [0.5, 0.6) is 0 Å². The molecule has 2 saturated heterocycles. The van der Waals surface area contributed by atoms with Gasteiger partial charge in [0.1, 0.15) is 12.2 Å². The van der Waals surface area contributed by atoms with Crippen LogP contribution in [0.2, 0.25) is 0 Å². The zero-order valence-electron chi connectivity index (χ0n) is 14.3. The maximum absolute atomic E-state index is 12.5. The lowest BCUT2D eigenvalue weighted by atomic mass is 10.00. The lowest BCUT2D eigenvalue weighted by molar-refractivity contribution is -0.228. The van der Waals surface area contributed by atoms with E-state index in [2.05, 4.69) is 0 Å². The van der Waals surface area contributed by atoms with Gasteiger partial charge in [-0.1, -0.05) is 36.4 Å². The van der Waals surface area contributed by atoms with Crippen LogP contribution >= 0.6 is 0 Å². The van der Waals surface area contributed by atoms with E-state index in [1.807, 2.05) is 0 Å². The molecule has 2 aliphatic heterocycles. The number of hydrogen-bond donors (Lipinski definition) is 1. The van der Waals surface area contributed by atoms with Crippen LogP contribution in [0.3, 0.4) is 0 Å². The minimum atomic E-state index is -1.27. The van der Waals surface area contributed by atoms with Crippen molar-refractivity contribution in [1.29, 1.82) is 0 Å². The van der Waals surface area contributed by atoms with E-state index in [9.17, 15) is 14.7 Å². The number of carbonyl (C=O) groups is 2. The molecule has 5 unspecified atom stereocenters. The van der Waals surface area contributed by atoms with E-state index >= 15 is 0 Å². The largest absolute Gasteiger partial charge is 0.452 e. The number of carbonyl (C=O) groups excluding carboxylic acids is 2. The SMILES string of the molecule is O=C(OC1C2COC(O2)C(O)C1OC(=O)c1ccccc1)c1ccccc1. The number of ether oxygens (including phenoxy) is 4. The minimum Gasteiger partial charge on any atom is -0.452 e. The van der Waals surface area contributed by atoms with Gasteiger partial charge in [-0.15, -0.1) is 0 Å². The Kier molecular flexibility index (Phi) is 4.89. The van der Waals surface area contributed by atoms with Crippen molar-refractivity contribution in [2.24, 2.45) is 0 Å². The van der Waals surface area contributed by atoms with Crippen molar-refractivity contribution in [3.05, 3.63) is 71.8 Å². The topological polar surface area (TPSA) is 91.3 Å². The summed E-state index contributed by atoms with van der Waals surface area (Å²) < 4.78 is 21.9. The van der Waals surface area contributed by atoms with Gasteiger partial charge in [-0.3, -0.25) is 0 Å². The molecule has 7 heteroatoms. The second-order valence-corrected chi connectivity index (χ2v) is 6.34. The average molecular weight is 370 g/mol. The fourth-order valence-corrected chi connectivity index (χ4v) is 3.16. The fraction of sp³-hybridized carbons (Fsp3) is 0.300. The summed E-state index contributed by atoms with van der Waals surface area (Å²) in [5, 5.41) is 10.5. The number of hydrogen-bond acceptors (Lipinski definition) is 7. The molecule has 5 atom stereocenters. The quantitative estimate of drug-likeness (QED) is 0.817. The first-order valence-corrected chi connectivity index (χ1v) is 8.60. The molecule has 27 heavy (non-hydrogen) atoms. The molecule has 0 aromatic heterocycles. The van der Waals surface area contributed by atoms with Crippen LogP contribution in [0.1, 0.15) is 20.7 Å². The molecule has 0 spiro atoms. The van der Waals surface area contributed by atoms with Crippen LogP contribution in [-0.4, -0.2) is 54.4 Å². The van der Waals surface area contributed by atoms with Crippen LogP contribution in [0.15, 0.2) is 60.7 Å². The molecule has 2 fully saturated rings. The van der Waals surface area contributed by atoms with Crippen molar-refractivity contribution < 1.29 is 33.6 Å². The first kappa shape index (κ1) is 17.7. The smallest absolute Gasteiger partial charge is 0.338 e. The molecular formula is C20H18O7. The normalized spacial score (nSPS) is 29.1. The van der Waals surface area contributed by atoms with Gasteiger partial charge in [0.25, 0.3) is 0 Å². The molecule has 2 aromatic rings. The Labute approximate surface area is 155 Å². The maximum atomic E-state index is 12.5. The molecule has 7 nitrogen and oxygen atoms in total. The van der Waals surface area contributed by atoms with E-state index in [1.165, 1.54) is 0 Å². The summed E-state index contributed by atoms with van der Waals surface area (Å²) in [5.74, 6) is -1.22. The van der Waals surface area contributed by atoms with Gasteiger partial charge in [-0.2, -0.15) is 0 Å². The van der Waals surface area contributed by atoms with Gasteiger partial charge in [0.2, 0.25) is 0 Å². The van der Waals surface area contributed by atoms with Gasteiger partial charge in [-0.25, -0.2) is 9.59 Å². The third kappa shape index (κ3) is 3.57. The fourth-order valence-electron chi connectivity index (χ4n) is 3.16. The molecule has 0 radical (unpaired) electrons. The molecule has 0 aliphatic carbocycles. The van der Waals surface area contributed by atoms with Crippen LogP contribution in [-0.2, 0) is 18.9 Å². The summed E-state index contributed by atoms with van der Waals surface area (Å²) in [6.07, 6.45) is -4.91. The Morgan fingerprint density at radius 1 is 0.852 bits per heavy atom. The van der Waals surface area contributed by atoms with Crippen molar-refractivity contribution in [3.8, 4) is 0 Å². The Balaban J connectivity index is 1.55. The van der Waals surface area contributed by atoms with Gasteiger partial charge in [0, 0.05) is 0 Å². The number of aliphatic hydroxyl groups is 1. The van der Waals surface area contributed by atoms with E-state index < -0.39 is 42.6 Å².